The lowest BCUT2D eigenvalue weighted by Crippen LogP contribution is -2.40. The van der Waals surface area contributed by atoms with Crippen LogP contribution in [0.15, 0.2) is 24.3 Å². The molecule has 1 aromatic rings. The Labute approximate surface area is 115 Å². The van der Waals surface area contributed by atoms with Crippen molar-refractivity contribution in [2.45, 2.75) is 71.5 Å². The Morgan fingerprint density at radius 1 is 0.833 bits per heavy atom. The molecular weight excluding hydrogens is 232 g/mol. The summed E-state index contributed by atoms with van der Waals surface area (Å²) in [6.45, 7) is 9.49. The van der Waals surface area contributed by atoms with E-state index in [9.17, 15) is 0 Å². The van der Waals surface area contributed by atoms with Gasteiger partial charge in [0.25, 0.3) is 0 Å². The summed E-state index contributed by atoms with van der Waals surface area (Å²) in [5, 5.41) is 1.63. The van der Waals surface area contributed by atoms with Crippen molar-refractivity contribution in [3.05, 3.63) is 29.8 Å². The van der Waals surface area contributed by atoms with Gasteiger partial charge in [-0.1, -0.05) is 99.6 Å². The summed E-state index contributed by atoms with van der Waals surface area (Å²) >= 11 is 0. The molecular formula is C17H30Si. The van der Waals surface area contributed by atoms with Crippen molar-refractivity contribution in [3.8, 4) is 0 Å². The third-order valence-electron chi connectivity index (χ3n) is 3.99. The third kappa shape index (κ3) is 5.39. The number of hydrogen-bond acceptors (Lipinski definition) is 0. The van der Waals surface area contributed by atoms with Crippen LogP contribution in [0.4, 0.5) is 0 Å². The SMILES string of the molecule is CCCCCCCC[Si](C)(C)c1ccc(C)cc1. The van der Waals surface area contributed by atoms with Gasteiger partial charge >= 0.3 is 0 Å². The predicted molar refractivity (Wildman–Crippen MR) is 86.5 cm³/mol. The maximum atomic E-state index is 2.52. The molecule has 0 radical (unpaired) electrons. The maximum Gasteiger partial charge on any atom is 0.0806 e. The van der Waals surface area contributed by atoms with Gasteiger partial charge in [-0.3, -0.25) is 0 Å². The number of aryl methyl sites for hydroxylation is 1. The Morgan fingerprint density at radius 2 is 1.39 bits per heavy atom. The van der Waals surface area contributed by atoms with E-state index in [-0.39, 0.29) is 0 Å². The van der Waals surface area contributed by atoms with E-state index in [4.69, 9.17) is 0 Å². The lowest BCUT2D eigenvalue weighted by Gasteiger charge is -2.23. The highest BCUT2D eigenvalue weighted by Crippen LogP contribution is 2.16. The third-order valence-corrected chi connectivity index (χ3v) is 7.49. The predicted octanol–water partition coefficient (Wildman–Crippen LogP) is 5.27. The first kappa shape index (κ1) is 15.5. The number of hydrogen-bond donors (Lipinski definition) is 0. The molecule has 0 nitrogen and oxygen atoms in total. The second-order valence-electron chi connectivity index (χ2n) is 6.27. The van der Waals surface area contributed by atoms with Gasteiger partial charge in [0.15, 0.2) is 0 Å². The van der Waals surface area contributed by atoms with E-state index in [0.717, 1.165) is 0 Å². The quantitative estimate of drug-likeness (QED) is 0.442. The molecule has 0 N–H and O–H groups in total. The molecule has 0 aliphatic rings. The van der Waals surface area contributed by atoms with E-state index in [0.29, 0.717) is 0 Å². The van der Waals surface area contributed by atoms with E-state index >= 15 is 0 Å². The fourth-order valence-corrected chi connectivity index (χ4v) is 4.99. The van der Waals surface area contributed by atoms with Crippen molar-refractivity contribution in [2.24, 2.45) is 0 Å². The van der Waals surface area contributed by atoms with Gasteiger partial charge in [-0.2, -0.15) is 0 Å². The summed E-state index contributed by atoms with van der Waals surface area (Å²) < 4.78 is 0. The van der Waals surface area contributed by atoms with Gasteiger partial charge in [0.05, 0.1) is 8.07 Å². The Bertz CT molecular complexity index is 324. The standard InChI is InChI=1S/C17H30Si/c1-5-6-7-8-9-10-15-18(3,4)17-13-11-16(2)12-14-17/h11-14H,5-10,15H2,1-4H3. The molecule has 0 amide bonds. The molecule has 0 unspecified atom stereocenters. The normalized spacial score (nSPS) is 11.8. The fourth-order valence-electron chi connectivity index (χ4n) is 2.50. The zero-order valence-corrected chi connectivity index (χ0v) is 13.8. The van der Waals surface area contributed by atoms with Crippen LogP contribution in [-0.4, -0.2) is 8.07 Å². The largest absolute Gasteiger partial charge is 0.0806 e. The highest BCUT2D eigenvalue weighted by molar-refractivity contribution is 6.89. The molecule has 0 aliphatic carbocycles. The summed E-state index contributed by atoms with van der Waals surface area (Å²) in [7, 11) is -1.17. The number of unbranched alkanes of at least 4 members (excludes halogenated alkanes) is 5. The Kier molecular flexibility index (Phi) is 6.70. The van der Waals surface area contributed by atoms with Crippen LogP contribution in [0.25, 0.3) is 0 Å². The van der Waals surface area contributed by atoms with Crippen LogP contribution in [0, 0.1) is 6.92 Å². The highest BCUT2D eigenvalue weighted by atomic mass is 28.3. The van der Waals surface area contributed by atoms with Gasteiger partial charge in [0.2, 0.25) is 0 Å². The molecule has 0 fully saturated rings. The molecule has 0 spiro atoms. The average Bonchev–Trinajstić information content (AvgIpc) is 2.34. The van der Waals surface area contributed by atoms with Gasteiger partial charge < -0.3 is 0 Å². The van der Waals surface area contributed by atoms with Crippen LogP contribution in [0.1, 0.15) is 51.0 Å². The Hall–Kier alpha value is -0.563. The van der Waals surface area contributed by atoms with E-state index in [2.05, 4.69) is 51.2 Å². The summed E-state index contributed by atoms with van der Waals surface area (Å²) in [4.78, 5) is 0. The van der Waals surface area contributed by atoms with Crippen molar-refractivity contribution >= 4 is 13.3 Å². The smallest absolute Gasteiger partial charge is 0.0654 e. The topological polar surface area (TPSA) is 0 Å². The minimum Gasteiger partial charge on any atom is -0.0654 e. The molecule has 0 aromatic heterocycles. The van der Waals surface area contributed by atoms with Crippen LogP contribution in [0.5, 0.6) is 0 Å². The van der Waals surface area contributed by atoms with E-state index < -0.39 is 8.07 Å². The summed E-state index contributed by atoms with van der Waals surface area (Å²) in [6.07, 6.45) is 8.50. The monoisotopic (exact) mass is 262 g/mol. The fraction of sp³-hybridized carbons (Fsp3) is 0.647. The molecule has 0 saturated carbocycles. The Balaban J connectivity index is 2.33. The molecule has 0 saturated heterocycles. The van der Waals surface area contributed by atoms with Gasteiger partial charge in [0.1, 0.15) is 0 Å². The van der Waals surface area contributed by atoms with Crippen molar-refractivity contribution in [2.75, 3.05) is 0 Å². The Morgan fingerprint density at radius 3 is 2.00 bits per heavy atom. The van der Waals surface area contributed by atoms with Gasteiger partial charge in [0, 0.05) is 0 Å². The summed E-state index contributed by atoms with van der Waals surface area (Å²) in [6, 6.07) is 10.7. The van der Waals surface area contributed by atoms with Crippen molar-refractivity contribution in [3.63, 3.8) is 0 Å². The first-order chi connectivity index (χ1) is 8.56. The maximum absolute atomic E-state index is 2.52. The van der Waals surface area contributed by atoms with Crippen LogP contribution < -0.4 is 5.19 Å². The summed E-state index contributed by atoms with van der Waals surface area (Å²) in [5.74, 6) is 0. The van der Waals surface area contributed by atoms with Crippen LogP contribution in [0.2, 0.25) is 19.1 Å². The first-order valence-corrected chi connectivity index (χ1v) is 10.8. The minimum absolute atomic E-state index is 1.17. The molecule has 0 heterocycles. The minimum atomic E-state index is -1.17. The second kappa shape index (κ2) is 7.78. The van der Waals surface area contributed by atoms with E-state index in [1.165, 1.54) is 50.1 Å². The number of rotatable bonds is 8. The molecule has 0 atom stereocenters. The van der Waals surface area contributed by atoms with E-state index in [1.54, 1.807) is 5.19 Å². The number of benzene rings is 1. The van der Waals surface area contributed by atoms with Crippen molar-refractivity contribution in [1.82, 2.24) is 0 Å². The molecule has 1 rings (SSSR count). The molecule has 102 valence electrons. The second-order valence-corrected chi connectivity index (χ2v) is 11.1. The van der Waals surface area contributed by atoms with Crippen LogP contribution in [0.3, 0.4) is 0 Å². The molecule has 1 heteroatoms. The molecule has 18 heavy (non-hydrogen) atoms. The van der Waals surface area contributed by atoms with Gasteiger partial charge in [-0.25, -0.2) is 0 Å². The van der Waals surface area contributed by atoms with Crippen molar-refractivity contribution < 1.29 is 0 Å². The zero-order chi connectivity index (χ0) is 13.4. The zero-order valence-electron chi connectivity index (χ0n) is 12.8. The molecule has 1 aromatic carbocycles. The van der Waals surface area contributed by atoms with Gasteiger partial charge in [-0.05, 0) is 6.92 Å². The first-order valence-electron chi connectivity index (χ1n) is 7.63. The average molecular weight is 263 g/mol. The van der Waals surface area contributed by atoms with Gasteiger partial charge in [-0.15, -0.1) is 0 Å². The summed E-state index contributed by atoms with van der Waals surface area (Å²) in [5.41, 5.74) is 1.38. The highest BCUT2D eigenvalue weighted by Gasteiger charge is 2.22. The molecule has 0 aliphatic heterocycles. The lowest BCUT2D eigenvalue weighted by atomic mass is 10.1. The lowest BCUT2D eigenvalue weighted by molar-refractivity contribution is 0.623. The van der Waals surface area contributed by atoms with E-state index in [1.807, 2.05) is 0 Å². The van der Waals surface area contributed by atoms with Crippen LogP contribution >= 0.6 is 0 Å². The van der Waals surface area contributed by atoms with Crippen molar-refractivity contribution in [1.29, 1.82) is 0 Å². The molecule has 0 bridgehead atoms. The van der Waals surface area contributed by atoms with Crippen LogP contribution in [-0.2, 0) is 0 Å².